The van der Waals surface area contributed by atoms with Crippen LogP contribution in [-0.2, 0) is 19.8 Å². The number of nitrogens with one attached hydrogen (secondary N) is 2. The van der Waals surface area contributed by atoms with Gasteiger partial charge in [-0.05, 0) is 13.3 Å². The molecule has 0 fully saturated rings. The van der Waals surface area contributed by atoms with Gasteiger partial charge in [-0.2, -0.15) is 18.3 Å². The zero-order valence-corrected chi connectivity index (χ0v) is 12.8. The smallest absolute Gasteiger partial charge is 0.394 e. The average molecular weight is 322 g/mol. The van der Waals surface area contributed by atoms with E-state index < -0.39 is 23.4 Å². The SMILES string of the molecule is CCCC(C)(CO)NC(=O)NCc1cn(C)nc1C(F)(F)F. The molecule has 1 rings (SSSR count). The van der Waals surface area contributed by atoms with Crippen molar-refractivity contribution < 1.29 is 23.1 Å². The molecular weight excluding hydrogens is 301 g/mol. The monoisotopic (exact) mass is 322 g/mol. The summed E-state index contributed by atoms with van der Waals surface area (Å²) < 4.78 is 39.4. The van der Waals surface area contributed by atoms with Crippen molar-refractivity contribution >= 4 is 6.03 Å². The van der Waals surface area contributed by atoms with Crippen LogP contribution >= 0.6 is 0 Å². The van der Waals surface area contributed by atoms with Crippen LogP contribution in [-0.4, -0.2) is 33.1 Å². The molecule has 1 unspecified atom stereocenters. The van der Waals surface area contributed by atoms with Crippen LogP contribution in [0.4, 0.5) is 18.0 Å². The Labute approximate surface area is 126 Å². The normalized spacial score (nSPS) is 14.5. The number of aliphatic hydroxyl groups excluding tert-OH is 1. The van der Waals surface area contributed by atoms with Crippen molar-refractivity contribution in [2.24, 2.45) is 7.05 Å². The number of hydrogen-bond donors (Lipinski definition) is 3. The second-order valence-electron chi connectivity index (χ2n) is 5.45. The summed E-state index contributed by atoms with van der Waals surface area (Å²) >= 11 is 0. The number of alkyl halides is 3. The number of aromatic nitrogens is 2. The lowest BCUT2D eigenvalue weighted by atomic mass is 9.98. The van der Waals surface area contributed by atoms with E-state index in [9.17, 15) is 23.1 Å². The van der Waals surface area contributed by atoms with E-state index in [0.717, 1.165) is 11.1 Å². The second-order valence-corrected chi connectivity index (χ2v) is 5.45. The Morgan fingerprint density at radius 2 is 2.09 bits per heavy atom. The van der Waals surface area contributed by atoms with Crippen LogP contribution in [0, 0.1) is 0 Å². The zero-order valence-electron chi connectivity index (χ0n) is 12.8. The van der Waals surface area contributed by atoms with Crippen molar-refractivity contribution in [1.29, 1.82) is 0 Å². The molecule has 2 amide bonds. The van der Waals surface area contributed by atoms with Crippen LogP contribution in [0.15, 0.2) is 6.20 Å². The highest BCUT2D eigenvalue weighted by Crippen LogP contribution is 2.30. The minimum atomic E-state index is -4.57. The maximum Gasteiger partial charge on any atom is 0.435 e. The number of hydrogen-bond acceptors (Lipinski definition) is 3. The average Bonchev–Trinajstić information content (AvgIpc) is 2.78. The molecule has 0 bridgehead atoms. The highest BCUT2D eigenvalue weighted by molar-refractivity contribution is 5.74. The Morgan fingerprint density at radius 1 is 1.45 bits per heavy atom. The highest BCUT2D eigenvalue weighted by atomic mass is 19.4. The fraction of sp³-hybridized carbons (Fsp3) is 0.692. The summed E-state index contributed by atoms with van der Waals surface area (Å²) in [6.45, 7) is 3.01. The molecule has 6 nitrogen and oxygen atoms in total. The van der Waals surface area contributed by atoms with Gasteiger partial charge in [-0.1, -0.05) is 13.3 Å². The lowest BCUT2D eigenvalue weighted by molar-refractivity contribution is -0.142. The molecular formula is C13H21F3N4O2. The first-order chi connectivity index (χ1) is 10.1. The molecule has 0 aromatic carbocycles. The van der Waals surface area contributed by atoms with Crippen LogP contribution in [0.5, 0.6) is 0 Å². The van der Waals surface area contributed by atoms with Gasteiger partial charge in [0.05, 0.1) is 12.1 Å². The Kier molecular flexibility index (Phi) is 5.81. The van der Waals surface area contributed by atoms with Gasteiger partial charge in [-0.15, -0.1) is 0 Å². The first-order valence-electron chi connectivity index (χ1n) is 6.88. The van der Waals surface area contributed by atoms with Gasteiger partial charge in [0, 0.05) is 25.4 Å². The van der Waals surface area contributed by atoms with Crippen molar-refractivity contribution in [2.75, 3.05) is 6.61 Å². The van der Waals surface area contributed by atoms with E-state index >= 15 is 0 Å². The standard InChI is InChI=1S/C13H21F3N4O2/c1-4-5-12(2,8-21)18-11(22)17-6-9-7-20(3)19-10(9)13(14,15)16/h7,21H,4-6,8H2,1-3H3,(H2,17,18,22). The van der Waals surface area contributed by atoms with Crippen LogP contribution in [0.2, 0.25) is 0 Å². The van der Waals surface area contributed by atoms with Crippen molar-refractivity contribution in [1.82, 2.24) is 20.4 Å². The van der Waals surface area contributed by atoms with E-state index in [1.165, 1.54) is 13.2 Å². The van der Waals surface area contributed by atoms with Gasteiger partial charge in [0.2, 0.25) is 0 Å². The summed E-state index contributed by atoms with van der Waals surface area (Å²) in [5.74, 6) is 0. The Bertz CT molecular complexity index is 516. The van der Waals surface area contributed by atoms with Gasteiger partial charge in [0.25, 0.3) is 0 Å². The number of aliphatic hydroxyl groups is 1. The van der Waals surface area contributed by atoms with E-state index in [0.29, 0.717) is 6.42 Å². The molecule has 1 heterocycles. The topological polar surface area (TPSA) is 79.2 Å². The molecule has 126 valence electrons. The molecule has 0 radical (unpaired) electrons. The molecule has 0 aliphatic rings. The number of nitrogens with zero attached hydrogens (tertiary/aromatic N) is 2. The van der Waals surface area contributed by atoms with Crippen LogP contribution in [0.3, 0.4) is 0 Å². The van der Waals surface area contributed by atoms with E-state index in [1.807, 2.05) is 6.92 Å². The van der Waals surface area contributed by atoms with Gasteiger partial charge < -0.3 is 15.7 Å². The summed E-state index contributed by atoms with van der Waals surface area (Å²) in [5, 5.41) is 17.6. The van der Waals surface area contributed by atoms with E-state index in [2.05, 4.69) is 15.7 Å². The van der Waals surface area contributed by atoms with Gasteiger partial charge in [-0.25, -0.2) is 4.79 Å². The molecule has 1 aromatic heterocycles. The van der Waals surface area contributed by atoms with E-state index in [4.69, 9.17) is 0 Å². The lowest BCUT2D eigenvalue weighted by Crippen LogP contribution is -2.52. The highest BCUT2D eigenvalue weighted by Gasteiger charge is 2.37. The third-order valence-corrected chi connectivity index (χ3v) is 3.18. The quantitative estimate of drug-likeness (QED) is 0.747. The predicted molar refractivity (Wildman–Crippen MR) is 74.0 cm³/mol. The number of aryl methyl sites for hydroxylation is 1. The first-order valence-corrected chi connectivity index (χ1v) is 6.88. The predicted octanol–water partition coefficient (Wildman–Crippen LogP) is 1.79. The fourth-order valence-corrected chi connectivity index (χ4v) is 2.13. The minimum Gasteiger partial charge on any atom is -0.394 e. The summed E-state index contributed by atoms with van der Waals surface area (Å²) in [5.41, 5.74) is -1.94. The second kappa shape index (κ2) is 6.99. The number of amides is 2. The molecule has 0 saturated heterocycles. The maximum absolute atomic E-state index is 12.8. The fourth-order valence-electron chi connectivity index (χ4n) is 2.13. The van der Waals surface area contributed by atoms with Gasteiger partial charge >= 0.3 is 12.2 Å². The molecule has 0 aliphatic heterocycles. The minimum absolute atomic E-state index is 0.119. The van der Waals surface area contributed by atoms with Crippen molar-refractivity contribution in [3.63, 3.8) is 0 Å². The molecule has 0 spiro atoms. The van der Waals surface area contributed by atoms with Crippen LogP contribution < -0.4 is 10.6 Å². The van der Waals surface area contributed by atoms with Gasteiger partial charge in [-0.3, -0.25) is 4.68 Å². The first kappa shape index (κ1) is 18.3. The van der Waals surface area contributed by atoms with Crippen LogP contribution in [0.1, 0.15) is 37.9 Å². The molecule has 1 atom stereocenters. The number of halogens is 3. The summed E-state index contributed by atoms with van der Waals surface area (Å²) in [7, 11) is 1.38. The van der Waals surface area contributed by atoms with Gasteiger partial charge in [0.15, 0.2) is 5.69 Å². The largest absolute Gasteiger partial charge is 0.435 e. The molecule has 1 aromatic rings. The Hall–Kier alpha value is -1.77. The number of carbonyl (C=O) groups is 1. The maximum atomic E-state index is 12.8. The Balaban J connectivity index is 2.69. The summed E-state index contributed by atoms with van der Waals surface area (Å²) in [4.78, 5) is 11.8. The number of urea groups is 1. The van der Waals surface area contributed by atoms with Crippen molar-refractivity contribution in [3.8, 4) is 0 Å². The number of rotatable bonds is 6. The summed E-state index contributed by atoms with van der Waals surface area (Å²) in [6.07, 6.45) is -2.06. The van der Waals surface area contributed by atoms with E-state index in [1.54, 1.807) is 6.92 Å². The molecule has 9 heteroatoms. The van der Waals surface area contributed by atoms with E-state index in [-0.39, 0.29) is 18.7 Å². The summed E-state index contributed by atoms with van der Waals surface area (Å²) in [6, 6.07) is -0.637. The molecule has 0 aliphatic carbocycles. The zero-order chi connectivity index (χ0) is 17.0. The third-order valence-electron chi connectivity index (χ3n) is 3.18. The molecule has 22 heavy (non-hydrogen) atoms. The molecule has 3 N–H and O–H groups in total. The Morgan fingerprint density at radius 3 is 2.59 bits per heavy atom. The van der Waals surface area contributed by atoms with Crippen molar-refractivity contribution in [3.05, 3.63) is 17.5 Å². The van der Waals surface area contributed by atoms with Crippen molar-refractivity contribution in [2.45, 2.75) is 44.9 Å². The number of carbonyl (C=O) groups excluding carboxylic acids is 1. The molecule has 0 saturated carbocycles. The third kappa shape index (κ3) is 4.90. The van der Waals surface area contributed by atoms with Gasteiger partial charge in [0.1, 0.15) is 0 Å². The lowest BCUT2D eigenvalue weighted by Gasteiger charge is -2.28. The van der Waals surface area contributed by atoms with Crippen LogP contribution in [0.25, 0.3) is 0 Å².